The molecule has 0 bridgehead atoms. The summed E-state index contributed by atoms with van der Waals surface area (Å²) < 4.78 is 1.85. The maximum absolute atomic E-state index is 12.3. The van der Waals surface area contributed by atoms with Gasteiger partial charge >= 0.3 is 6.03 Å². The molecular formula is C15H21N5OS. The zero-order valence-electron chi connectivity index (χ0n) is 12.7. The Labute approximate surface area is 134 Å². The minimum atomic E-state index is 0.0360. The number of rotatable bonds is 4. The molecule has 7 heteroatoms. The molecule has 1 atom stereocenters. The van der Waals surface area contributed by atoms with Crippen molar-refractivity contribution in [3.8, 4) is 0 Å². The van der Waals surface area contributed by atoms with Crippen LogP contribution in [0.5, 0.6) is 0 Å². The van der Waals surface area contributed by atoms with Gasteiger partial charge in [-0.2, -0.15) is 11.3 Å². The molecule has 22 heavy (non-hydrogen) atoms. The Morgan fingerprint density at radius 3 is 3.14 bits per heavy atom. The van der Waals surface area contributed by atoms with Crippen LogP contribution in [0.4, 0.5) is 4.79 Å². The zero-order chi connectivity index (χ0) is 15.4. The number of piperidine rings is 1. The van der Waals surface area contributed by atoms with E-state index >= 15 is 0 Å². The van der Waals surface area contributed by atoms with Crippen molar-refractivity contribution in [1.29, 1.82) is 0 Å². The molecule has 0 spiro atoms. The van der Waals surface area contributed by atoms with Gasteiger partial charge in [-0.25, -0.2) is 4.79 Å². The molecule has 0 saturated carbocycles. The van der Waals surface area contributed by atoms with Crippen LogP contribution in [-0.4, -0.2) is 39.0 Å². The first-order valence-electron chi connectivity index (χ1n) is 7.61. The molecule has 1 aliphatic heterocycles. The molecule has 1 saturated heterocycles. The van der Waals surface area contributed by atoms with Crippen molar-refractivity contribution < 1.29 is 4.79 Å². The Hall–Kier alpha value is -1.89. The molecule has 1 fully saturated rings. The van der Waals surface area contributed by atoms with Gasteiger partial charge in [-0.1, -0.05) is 5.21 Å². The van der Waals surface area contributed by atoms with E-state index in [4.69, 9.17) is 0 Å². The molecule has 3 rings (SSSR count). The summed E-state index contributed by atoms with van der Waals surface area (Å²) in [6, 6.07) is 0.0360. The average molecular weight is 319 g/mol. The van der Waals surface area contributed by atoms with Crippen molar-refractivity contribution in [1.82, 2.24) is 25.2 Å². The van der Waals surface area contributed by atoms with E-state index in [1.807, 2.05) is 15.8 Å². The van der Waals surface area contributed by atoms with Crippen LogP contribution in [0, 0.1) is 12.8 Å². The number of hydrogen-bond donors (Lipinski definition) is 1. The highest BCUT2D eigenvalue weighted by molar-refractivity contribution is 7.08. The van der Waals surface area contributed by atoms with Crippen LogP contribution >= 0.6 is 11.3 Å². The van der Waals surface area contributed by atoms with Gasteiger partial charge in [0.05, 0.1) is 6.20 Å². The molecule has 1 aliphatic rings. The van der Waals surface area contributed by atoms with E-state index in [0.29, 0.717) is 12.5 Å². The molecule has 118 valence electrons. The summed E-state index contributed by atoms with van der Waals surface area (Å²) in [5.41, 5.74) is 2.45. The standard InChI is InChI=1S/C15H21N5OS/c1-12-10-22-11-14(12)7-16-15(21)19-5-2-3-13(8-19)9-20-6-4-17-18-20/h4,6,10-11,13H,2-3,5,7-9H2,1H3,(H,16,21). The number of urea groups is 1. The van der Waals surface area contributed by atoms with Crippen molar-refractivity contribution in [2.75, 3.05) is 13.1 Å². The topological polar surface area (TPSA) is 63.1 Å². The Morgan fingerprint density at radius 1 is 1.50 bits per heavy atom. The molecule has 1 unspecified atom stereocenters. The minimum Gasteiger partial charge on any atom is -0.334 e. The quantitative estimate of drug-likeness (QED) is 0.940. The summed E-state index contributed by atoms with van der Waals surface area (Å²) in [6.07, 6.45) is 5.74. The van der Waals surface area contributed by atoms with Crippen molar-refractivity contribution in [2.45, 2.75) is 32.9 Å². The van der Waals surface area contributed by atoms with Crippen LogP contribution in [0.2, 0.25) is 0 Å². The van der Waals surface area contributed by atoms with Gasteiger partial charge in [0.2, 0.25) is 0 Å². The second-order valence-electron chi connectivity index (χ2n) is 5.82. The summed E-state index contributed by atoms with van der Waals surface area (Å²) in [6.45, 7) is 5.13. The van der Waals surface area contributed by atoms with Gasteiger partial charge < -0.3 is 10.2 Å². The number of carbonyl (C=O) groups excluding carboxylic acids is 1. The van der Waals surface area contributed by atoms with Crippen molar-refractivity contribution >= 4 is 17.4 Å². The smallest absolute Gasteiger partial charge is 0.317 e. The lowest BCUT2D eigenvalue weighted by Crippen LogP contribution is -2.46. The van der Waals surface area contributed by atoms with Crippen LogP contribution in [0.1, 0.15) is 24.0 Å². The lowest BCUT2D eigenvalue weighted by molar-refractivity contribution is 0.157. The summed E-state index contributed by atoms with van der Waals surface area (Å²) in [5.74, 6) is 0.448. The van der Waals surface area contributed by atoms with E-state index in [1.165, 1.54) is 11.1 Å². The van der Waals surface area contributed by atoms with Crippen molar-refractivity contribution in [3.05, 3.63) is 34.3 Å². The fourth-order valence-electron chi connectivity index (χ4n) is 2.84. The maximum Gasteiger partial charge on any atom is 0.317 e. The number of aryl methyl sites for hydroxylation is 1. The van der Waals surface area contributed by atoms with Crippen LogP contribution in [-0.2, 0) is 13.1 Å². The number of carbonyl (C=O) groups is 1. The van der Waals surface area contributed by atoms with E-state index in [9.17, 15) is 4.79 Å². The predicted octanol–water partition coefficient (Wildman–Crippen LogP) is 2.27. The van der Waals surface area contributed by atoms with Crippen molar-refractivity contribution in [3.63, 3.8) is 0 Å². The lowest BCUT2D eigenvalue weighted by Gasteiger charge is -2.32. The number of nitrogens with one attached hydrogen (secondary N) is 1. The van der Waals surface area contributed by atoms with E-state index in [1.54, 1.807) is 17.5 Å². The van der Waals surface area contributed by atoms with E-state index in [2.05, 4.69) is 33.3 Å². The SMILES string of the molecule is Cc1cscc1CNC(=O)N1CCCC(Cn2ccnn2)C1. The molecule has 1 N–H and O–H groups in total. The lowest BCUT2D eigenvalue weighted by atomic mass is 9.98. The van der Waals surface area contributed by atoms with Crippen LogP contribution in [0.25, 0.3) is 0 Å². The number of hydrogen-bond acceptors (Lipinski definition) is 4. The molecule has 6 nitrogen and oxygen atoms in total. The van der Waals surface area contributed by atoms with Crippen LogP contribution < -0.4 is 5.32 Å². The Morgan fingerprint density at radius 2 is 2.41 bits per heavy atom. The second-order valence-corrected chi connectivity index (χ2v) is 6.56. The highest BCUT2D eigenvalue weighted by Gasteiger charge is 2.24. The molecule has 2 aromatic heterocycles. The third kappa shape index (κ3) is 3.65. The number of amides is 2. The van der Waals surface area contributed by atoms with E-state index < -0.39 is 0 Å². The second kappa shape index (κ2) is 6.91. The zero-order valence-corrected chi connectivity index (χ0v) is 13.6. The normalized spacial score (nSPS) is 18.4. The van der Waals surface area contributed by atoms with Gasteiger partial charge in [0.15, 0.2) is 0 Å². The van der Waals surface area contributed by atoms with Crippen molar-refractivity contribution in [2.24, 2.45) is 5.92 Å². The first-order valence-corrected chi connectivity index (χ1v) is 8.55. The fourth-order valence-corrected chi connectivity index (χ4v) is 3.70. The van der Waals surface area contributed by atoms with Gasteiger partial charge in [0.25, 0.3) is 0 Å². The van der Waals surface area contributed by atoms with E-state index in [-0.39, 0.29) is 6.03 Å². The summed E-state index contributed by atoms with van der Waals surface area (Å²) >= 11 is 1.68. The van der Waals surface area contributed by atoms with Crippen LogP contribution in [0.3, 0.4) is 0 Å². The number of thiophene rings is 1. The average Bonchev–Trinajstić information content (AvgIpc) is 3.17. The van der Waals surface area contributed by atoms with Gasteiger partial charge in [-0.05, 0) is 47.6 Å². The molecule has 0 radical (unpaired) electrons. The molecular weight excluding hydrogens is 298 g/mol. The molecule has 0 aliphatic carbocycles. The van der Waals surface area contributed by atoms with Gasteiger partial charge in [-0.15, -0.1) is 5.10 Å². The molecule has 2 amide bonds. The Balaban J connectivity index is 1.50. The summed E-state index contributed by atoms with van der Waals surface area (Å²) in [7, 11) is 0. The summed E-state index contributed by atoms with van der Waals surface area (Å²) in [5, 5.41) is 15.1. The first-order chi connectivity index (χ1) is 10.7. The Bertz CT molecular complexity index is 609. The highest BCUT2D eigenvalue weighted by Crippen LogP contribution is 2.18. The van der Waals surface area contributed by atoms with Crippen LogP contribution in [0.15, 0.2) is 23.2 Å². The Kier molecular flexibility index (Phi) is 4.72. The van der Waals surface area contributed by atoms with E-state index in [0.717, 1.165) is 32.5 Å². The number of likely N-dealkylation sites (tertiary alicyclic amines) is 1. The third-order valence-corrected chi connectivity index (χ3v) is 5.03. The van der Waals surface area contributed by atoms with Gasteiger partial charge in [-0.3, -0.25) is 4.68 Å². The summed E-state index contributed by atoms with van der Waals surface area (Å²) in [4.78, 5) is 14.3. The maximum atomic E-state index is 12.3. The molecule has 2 aromatic rings. The predicted molar refractivity (Wildman–Crippen MR) is 85.6 cm³/mol. The monoisotopic (exact) mass is 319 g/mol. The van der Waals surface area contributed by atoms with Gasteiger partial charge in [0, 0.05) is 32.4 Å². The molecule has 3 heterocycles. The highest BCUT2D eigenvalue weighted by atomic mass is 32.1. The number of nitrogens with zero attached hydrogens (tertiary/aromatic N) is 4. The third-order valence-electron chi connectivity index (χ3n) is 4.12. The minimum absolute atomic E-state index is 0.0360. The number of aromatic nitrogens is 3. The molecule has 0 aromatic carbocycles. The largest absolute Gasteiger partial charge is 0.334 e. The fraction of sp³-hybridized carbons (Fsp3) is 0.533. The first kappa shape index (κ1) is 15.0. The van der Waals surface area contributed by atoms with Gasteiger partial charge in [0.1, 0.15) is 0 Å².